The summed E-state index contributed by atoms with van der Waals surface area (Å²) in [5.41, 5.74) is 3.55. The number of hydrogen-bond donors (Lipinski definition) is 1. The summed E-state index contributed by atoms with van der Waals surface area (Å²) in [5, 5.41) is 7.96. The van der Waals surface area contributed by atoms with Gasteiger partial charge in [-0.25, -0.2) is 4.98 Å². The molecule has 0 saturated heterocycles. The minimum Gasteiger partial charge on any atom is -0.490 e. The van der Waals surface area contributed by atoms with Crippen molar-refractivity contribution < 1.29 is 14.3 Å². The standard InChI is InChI=1S/C33H35BrN4O4/c1-6-11-24-16-23(17-29(41-8-3)31(24)42-20-30(39)36-27-13-10-9-12-22(27)5)19-35-38-32(21(4)7-2)37-28-15-14-25(34)18-26(28)33(38)40/h6,9-10,12-19,21H,1,7-8,11,20H2,2-5H3,(H,36,39)/t21-/m0/s1. The van der Waals surface area contributed by atoms with Gasteiger partial charge >= 0.3 is 0 Å². The van der Waals surface area contributed by atoms with Crippen LogP contribution in [0.25, 0.3) is 10.9 Å². The molecule has 0 aliphatic heterocycles. The second-order valence-corrected chi connectivity index (χ2v) is 10.8. The minimum absolute atomic E-state index is 0.0137. The van der Waals surface area contributed by atoms with Gasteiger partial charge in [-0.1, -0.05) is 54.1 Å². The van der Waals surface area contributed by atoms with Crippen molar-refractivity contribution in [2.45, 2.75) is 46.5 Å². The number of benzene rings is 3. The number of para-hydroxylation sites is 1. The number of aryl methyl sites for hydroxylation is 1. The third-order valence-electron chi connectivity index (χ3n) is 6.79. The molecular weight excluding hydrogens is 596 g/mol. The van der Waals surface area contributed by atoms with Gasteiger partial charge in [0.15, 0.2) is 18.1 Å². The number of nitrogens with zero attached hydrogens (tertiary/aromatic N) is 3. The molecule has 0 aliphatic carbocycles. The predicted molar refractivity (Wildman–Crippen MR) is 172 cm³/mol. The summed E-state index contributed by atoms with van der Waals surface area (Å²) in [6, 6.07) is 16.7. The van der Waals surface area contributed by atoms with Gasteiger partial charge in [-0.15, -0.1) is 6.58 Å². The van der Waals surface area contributed by atoms with Crippen LogP contribution in [-0.2, 0) is 11.2 Å². The topological polar surface area (TPSA) is 94.8 Å². The molecular formula is C33H35BrN4O4. The van der Waals surface area contributed by atoms with Crippen LogP contribution in [-0.4, -0.2) is 35.0 Å². The lowest BCUT2D eigenvalue weighted by molar-refractivity contribution is -0.118. The number of rotatable bonds is 12. The molecule has 0 unspecified atom stereocenters. The molecule has 4 aromatic rings. The molecule has 9 heteroatoms. The van der Waals surface area contributed by atoms with E-state index in [1.807, 2.05) is 70.2 Å². The Morgan fingerprint density at radius 3 is 2.67 bits per heavy atom. The Kier molecular flexibility index (Phi) is 10.3. The van der Waals surface area contributed by atoms with E-state index >= 15 is 0 Å². The Morgan fingerprint density at radius 1 is 1.17 bits per heavy atom. The molecule has 0 bridgehead atoms. The van der Waals surface area contributed by atoms with Gasteiger partial charge in [-0.05, 0) is 74.2 Å². The number of fused-ring (bicyclic) bond motifs is 1. The van der Waals surface area contributed by atoms with Crippen molar-refractivity contribution >= 4 is 44.6 Å². The highest BCUT2D eigenvalue weighted by atomic mass is 79.9. The van der Waals surface area contributed by atoms with Gasteiger partial charge in [0.05, 0.1) is 23.7 Å². The highest BCUT2D eigenvalue weighted by Gasteiger charge is 2.17. The quantitative estimate of drug-likeness (QED) is 0.134. The second-order valence-electron chi connectivity index (χ2n) is 9.89. The van der Waals surface area contributed by atoms with E-state index in [9.17, 15) is 9.59 Å². The third-order valence-corrected chi connectivity index (χ3v) is 7.29. The van der Waals surface area contributed by atoms with E-state index in [-0.39, 0.29) is 24.0 Å². The Labute approximate surface area is 254 Å². The molecule has 0 spiro atoms. The zero-order valence-electron chi connectivity index (χ0n) is 24.3. The third kappa shape index (κ3) is 7.15. The van der Waals surface area contributed by atoms with Crippen molar-refractivity contribution in [3.63, 3.8) is 0 Å². The van der Waals surface area contributed by atoms with Gasteiger partial charge < -0.3 is 14.8 Å². The van der Waals surface area contributed by atoms with Crippen molar-refractivity contribution in [1.29, 1.82) is 0 Å². The van der Waals surface area contributed by atoms with Gasteiger partial charge in [-0.3, -0.25) is 9.59 Å². The van der Waals surface area contributed by atoms with Crippen LogP contribution in [0.5, 0.6) is 11.5 Å². The molecule has 42 heavy (non-hydrogen) atoms. The minimum atomic E-state index is -0.283. The lowest BCUT2D eigenvalue weighted by Gasteiger charge is -2.17. The number of nitrogens with one attached hydrogen (secondary N) is 1. The highest BCUT2D eigenvalue weighted by molar-refractivity contribution is 9.10. The monoisotopic (exact) mass is 630 g/mol. The molecule has 8 nitrogen and oxygen atoms in total. The first-order valence-corrected chi connectivity index (χ1v) is 14.7. The molecule has 0 saturated carbocycles. The van der Waals surface area contributed by atoms with Crippen molar-refractivity contribution in [2.75, 3.05) is 18.5 Å². The summed E-state index contributed by atoms with van der Waals surface area (Å²) < 4.78 is 14.1. The van der Waals surface area contributed by atoms with Crippen molar-refractivity contribution in [3.05, 3.63) is 105 Å². The fraction of sp³-hybridized carbons (Fsp3) is 0.273. The van der Waals surface area contributed by atoms with Crippen LogP contribution in [0.15, 0.2) is 81.6 Å². The fourth-order valence-corrected chi connectivity index (χ4v) is 4.79. The van der Waals surface area contributed by atoms with Crippen LogP contribution in [0.2, 0.25) is 0 Å². The van der Waals surface area contributed by atoms with E-state index in [1.165, 1.54) is 4.68 Å². The molecule has 1 atom stereocenters. The molecule has 0 fully saturated rings. The number of carbonyl (C=O) groups excluding carboxylic acids is 1. The molecule has 1 N–H and O–H groups in total. The molecule has 4 rings (SSSR count). The van der Waals surface area contributed by atoms with Crippen LogP contribution >= 0.6 is 15.9 Å². The van der Waals surface area contributed by atoms with Crippen molar-refractivity contribution in [1.82, 2.24) is 9.66 Å². The van der Waals surface area contributed by atoms with E-state index < -0.39 is 0 Å². The lowest BCUT2D eigenvalue weighted by atomic mass is 10.1. The molecule has 3 aromatic carbocycles. The summed E-state index contributed by atoms with van der Waals surface area (Å²) in [6.07, 6.45) is 4.64. The van der Waals surface area contributed by atoms with Crippen molar-refractivity contribution in [3.8, 4) is 11.5 Å². The van der Waals surface area contributed by atoms with Crippen LogP contribution < -0.4 is 20.3 Å². The first-order valence-electron chi connectivity index (χ1n) is 13.9. The first kappa shape index (κ1) is 30.7. The molecule has 1 aromatic heterocycles. The molecule has 0 radical (unpaired) electrons. The molecule has 0 aliphatic rings. The van der Waals surface area contributed by atoms with Gasteiger partial charge in [-0.2, -0.15) is 9.78 Å². The fourth-order valence-electron chi connectivity index (χ4n) is 4.43. The largest absolute Gasteiger partial charge is 0.490 e. The SMILES string of the molecule is C=CCc1cc(C=Nn2c([C@@H](C)CC)nc3ccc(Br)cc3c2=O)cc(OCC)c1OCC(=O)Nc1ccccc1C. The zero-order valence-corrected chi connectivity index (χ0v) is 25.9. The van der Waals surface area contributed by atoms with E-state index in [2.05, 4.69) is 32.9 Å². The Balaban J connectivity index is 1.69. The summed E-state index contributed by atoms with van der Waals surface area (Å²) in [4.78, 5) is 31.0. The van der Waals surface area contributed by atoms with E-state index in [0.717, 1.165) is 27.7 Å². The van der Waals surface area contributed by atoms with Gasteiger partial charge in [0.1, 0.15) is 5.82 Å². The zero-order chi connectivity index (χ0) is 30.2. The number of ether oxygens (including phenoxy) is 2. The van der Waals surface area contributed by atoms with Gasteiger partial charge in [0, 0.05) is 21.6 Å². The number of anilines is 1. The normalized spacial score (nSPS) is 11.9. The van der Waals surface area contributed by atoms with Crippen LogP contribution in [0.3, 0.4) is 0 Å². The molecule has 1 heterocycles. The van der Waals surface area contributed by atoms with Crippen LogP contribution in [0.1, 0.15) is 55.6 Å². The lowest BCUT2D eigenvalue weighted by Crippen LogP contribution is -2.23. The highest BCUT2D eigenvalue weighted by Crippen LogP contribution is 2.34. The Bertz CT molecular complexity index is 1700. The van der Waals surface area contributed by atoms with E-state index in [4.69, 9.17) is 14.5 Å². The number of aromatic nitrogens is 2. The summed E-state index contributed by atoms with van der Waals surface area (Å²) >= 11 is 3.45. The number of allylic oxidation sites excluding steroid dienone is 1. The Morgan fingerprint density at radius 2 is 1.95 bits per heavy atom. The number of amides is 1. The van der Waals surface area contributed by atoms with Gasteiger partial charge in [0.25, 0.3) is 11.5 Å². The number of halogens is 1. The maximum Gasteiger partial charge on any atom is 0.282 e. The second kappa shape index (κ2) is 14.1. The average molecular weight is 632 g/mol. The van der Waals surface area contributed by atoms with E-state index in [0.29, 0.717) is 46.8 Å². The maximum atomic E-state index is 13.5. The van der Waals surface area contributed by atoms with Crippen LogP contribution in [0.4, 0.5) is 5.69 Å². The molecule has 1 amide bonds. The average Bonchev–Trinajstić information content (AvgIpc) is 2.97. The molecule has 218 valence electrons. The Hall–Kier alpha value is -4.24. The van der Waals surface area contributed by atoms with Crippen LogP contribution in [0, 0.1) is 6.92 Å². The summed E-state index contributed by atoms with van der Waals surface area (Å²) in [7, 11) is 0. The maximum absolute atomic E-state index is 13.5. The number of carbonyl (C=O) groups is 1. The summed E-state index contributed by atoms with van der Waals surface area (Å²) in [5.74, 6) is 1.25. The first-order chi connectivity index (χ1) is 20.2. The van der Waals surface area contributed by atoms with Gasteiger partial charge in [0.2, 0.25) is 0 Å². The predicted octanol–water partition coefficient (Wildman–Crippen LogP) is 7.01. The number of hydrogen-bond acceptors (Lipinski definition) is 6. The van der Waals surface area contributed by atoms with Crippen molar-refractivity contribution in [2.24, 2.45) is 5.10 Å². The smallest absolute Gasteiger partial charge is 0.282 e. The summed E-state index contributed by atoms with van der Waals surface area (Å²) in [6.45, 7) is 11.9. The van der Waals surface area contributed by atoms with E-state index in [1.54, 1.807) is 24.4 Å².